The number of likely N-dealkylation sites (tertiary alicyclic amines) is 1. The molecular formula is C19H22N4O. The van der Waals surface area contributed by atoms with Crippen LogP contribution in [0.4, 0.5) is 0 Å². The summed E-state index contributed by atoms with van der Waals surface area (Å²) < 4.78 is 0. The van der Waals surface area contributed by atoms with Crippen molar-refractivity contribution in [2.24, 2.45) is 5.41 Å². The Labute approximate surface area is 142 Å². The molecule has 124 valence electrons. The molecule has 0 unspecified atom stereocenters. The van der Waals surface area contributed by atoms with E-state index in [4.69, 9.17) is 0 Å². The van der Waals surface area contributed by atoms with Crippen LogP contribution in [0.15, 0.2) is 49.1 Å². The summed E-state index contributed by atoms with van der Waals surface area (Å²) in [6.07, 6.45) is 10.5. The molecule has 5 heteroatoms. The lowest BCUT2D eigenvalue weighted by atomic mass is 9.65. The fraction of sp³-hybridized carbons (Fsp3) is 0.421. The minimum absolute atomic E-state index is 0.0175. The van der Waals surface area contributed by atoms with E-state index in [1.54, 1.807) is 24.5 Å². The first-order valence-corrected chi connectivity index (χ1v) is 8.55. The van der Waals surface area contributed by atoms with Gasteiger partial charge in [-0.1, -0.05) is 0 Å². The summed E-state index contributed by atoms with van der Waals surface area (Å²) in [7, 11) is 0. The lowest BCUT2D eigenvalue weighted by molar-refractivity contribution is 0.0694. The molecule has 5 nitrogen and oxygen atoms in total. The Morgan fingerprint density at radius 2 is 1.79 bits per heavy atom. The first-order chi connectivity index (χ1) is 11.7. The zero-order chi connectivity index (χ0) is 16.4. The molecule has 2 aromatic heterocycles. The number of hydrogen-bond donors (Lipinski definition) is 1. The highest BCUT2D eigenvalue weighted by Gasteiger charge is 2.48. The molecule has 2 aliphatic rings. The van der Waals surface area contributed by atoms with Crippen LogP contribution in [0.5, 0.6) is 0 Å². The van der Waals surface area contributed by atoms with Crippen molar-refractivity contribution in [1.29, 1.82) is 0 Å². The van der Waals surface area contributed by atoms with Gasteiger partial charge in [0.1, 0.15) is 0 Å². The SMILES string of the molecule is O=C(NC1CC2(CCN(Cc3ccncc3)C2)C1)c1ccncc1. The van der Waals surface area contributed by atoms with Gasteiger partial charge in [0, 0.05) is 49.5 Å². The Bertz CT molecular complexity index is 698. The van der Waals surface area contributed by atoms with Crippen LogP contribution in [-0.4, -0.2) is 39.9 Å². The van der Waals surface area contributed by atoms with Gasteiger partial charge in [-0.3, -0.25) is 19.7 Å². The van der Waals surface area contributed by atoms with Gasteiger partial charge in [0.05, 0.1) is 0 Å². The van der Waals surface area contributed by atoms with Crippen molar-refractivity contribution in [3.05, 3.63) is 60.2 Å². The van der Waals surface area contributed by atoms with Crippen LogP contribution in [-0.2, 0) is 6.54 Å². The third kappa shape index (κ3) is 3.17. The zero-order valence-corrected chi connectivity index (χ0v) is 13.7. The lowest BCUT2D eigenvalue weighted by Gasteiger charge is -2.45. The molecule has 1 saturated heterocycles. The molecular weight excluding hydrogens is 300 g/mol. The quantitative estimate of drug-likeness (QED) is 0.938. The second-order valence-corrected chi connectivity index (χ2v) is 7.13. The first-order valence-electron chi connectivity index (χ1n) is 8.55. The van der Waals surface area contributed by atoms with Gasteiger partial charge in [0.15, 0.2) is 0 Å². The van der Waals surface area contributed by atoms with E-state index in [0.717, 1.165) is 32.5 Å². The Hall–Kier alpha value is -2.27. The highest BCUT2D eigenvalue weighted by Crippen LogP contribution is 2.48. The molecule has 4 rings (SSSR count). The first kappa shape index (κ1) is 15.3. The van der Waals surface area contributed by atoms with Crippen molar-refractivity contribution in [3.8, 4) is 0 Å². The molecule has 0 aromatic carbocycles. The summed E-state index contributed by atoms with van der Waals surface area (Å²) in [6, 6.07) is 8.00. The second-order valence-electron chi connectivity index (χ2n) is 7.13. The van der Waals surface area contributed by atoms with Crippen LogP contribution < -0.4 is 5.32 Å². The number of hydrogen-bond acceptors (Lipinski definition) is 4. The minimum atomic E-state index is 0.0175. The molecule has 0 bridgehead atoms. The van der Waals surface area contributed by atoms with Crippen LogP contribution >= 0.6 is 0 Å². The third-order valence-corrected chi connectivity index (χ3v) is 5.31. The number of amides is 1. The predicted molar refractivity (Wildman–Crippen MR) is 91.3 cm³/mol. The van der Waals surface area contributed by atoms with E-state index in [0.29, 0.717) is 17.0 Å². The third-order valence-electron chi connectivity index (χ3n) is 5.31. The largest absolute Gasteiger partial charge is 0.349 e. The summed E-state index contributed by atoms with van der Waals surface area (Å²) >= 11 is 0. The maximum absolute atomic E-state index is 12.2. The van der Waals surface area contributed by atoms with Crippen molar-refractivity contribution in [3.63, 3.8) is 0 Å². The van der Waals surface area contributed by atoms with Crippen LogP contribution in [0.2, 0.25) is 0 Å². The summed E-state index contributed by atoms with van der Waals surface area (Å²) in [5.74, 6) is 0.0175. The molecule has 0 atom stereocenters. The Balaban J connectivity index is 1.27. The molecule has 1 spiro atoms. The average Bonchev–Trinajstić information content (AvgIpc) is 3.00. The predicted octanol–water partition coefficient (Wildman–Crippen LogP) is 2.26. The maximum atomic E-state index is 12.2. The van der Waals surface area contributed by atoms with Crippen LogP contribution in [0.25, 0.3) is 0 Å². The van der Waals surface area contributed by atoms with Gasteiger partial charge >= 0.3 is 0 Å². The number of aromatic nitrogens is 2. The lowest BCUT2D eigenvalue weighted by Crippen LogP contribution is -2.51. The minimum Gasteiger partial charge on any atom is -0.349 e. The van der Waals surface area contributed by atoms with E-state index in [1.807, 2.05) is 12.4 Å². The highest BCUT2D eigenvalue weighted by atomic mass is 16.1. The summed E-state index contributed by atoms with van der Waals surface area (Å²) in [4.78, 5) is 22.8. The van der Waals surface area contributed by atoms with Crippen molar-refractivity contribution in [2.75, 3.05) is 13.1 Å². The Morgan fingerprint density at radius 1 is 1.12 bits per heavy atom. The van der Waals surface area contributed by atoms with Crippen LogP contribution in [0, 0.1) is 5.41 Å². The number of carbonyl (C=O) groups is 1. The van der Waals surface area contributed by atoms with Gasteiger partial charge in [-0.15, -0.1) is 0 Å². The Kier molecular flexibility index (Phi) is 4.02. The van der Waals surface area contributed by atoms with Crippen LogP contribution in [0.3, 0.4) is 0 Å². The summed E-state index contributed by atoms with van der Waals surface area (Å²) in [5, 5.41) is 3.15. The molecule has 0 radical (unpaired) electrons. The molecule has 1 amide bonds. The standard InChI is InChI=1S/C19H22N4O/c24-18(16-3-8-21-9-4-16)22-17-11-19(12-17)5-10-23(14-19)13-15-1-6-20-7-2-15/h1-4,6-9,17H,5,10-14H2,(H,22,24). The van der Waals surface area contributed by atoms with Gasteiger partial charge in [-0.05, 0) is 61.1 Å². The van der Waals surface area contributed by atoms with Crippen molar-refractivity contribution >= 4 is 5.91 Å². The van der Waals surface area contributed by atoms with Gasteiger partial charge < -0.3 is 5.32 Å². The topological polar surface area (TPSA) is 58.1 Å². The van der Waals surface area contributed by atoms with Crippen LogP contribution in [0.1, 0.15) is 35.2 Å². The fourth-order valence-electron chi connectivity index (χ4n) is 4.10. The number of rotatable bonds is 4. The molecule has 24 heavy (non-hydrogen) atoms. The molecule has 2 aromatic rings. The van der Waals surface area contributed by atoms with E-state index >= 15 is 0 Å². The molecule has 1 N–H and O–H groups in total. The molecule has 1 aliphatic carbocycles. The van der Waals surface area contributed by atoms with E-state index in [2.05, 4.69) is 32.3 Å². The van der Waals surface area contributed by atoms with Gasteiger partial charge in [-0.25, -0.2) is 0 Å². The van der Waals surface area contributed by atoms with Gasteiger partial charge in [0.25, 0.3) is 5.91 Å². The summed E-state index contributed by atoms with van der Waals surface area (Å²) in [6.45, 7) is 3.28. The molecule has 2 fully saturated rings. The van der Waals surface area contributed by atoms with Gasteiger partial charge in [0.2, 0.25) is 0 Å². The number of pyridine rings is 2. The molecule has 1 aliphatic heterocycles. The monoisotopic (exact) mass is 322 g/mol. The number of carbonyl (C=O) groups excluding carboxylic acids is 1. The van der Waals surface area contributed by atoms with E-state index in [-0.39, 0.29) is 5.91 Å². The Morgan fingerprint density at radius 3 is 2.50 bits per heavy atom. The van der Waals surface area contributed by atoms with E-state index in [1.165, 1.54) is 12.0 Å². The maximum Gasteiger partial charge on any atom is 0.251 e. The van der Waals surface area contributed by atoms with Gasteiger partial charge in [-0.2, -0.15) is 0 Å². The van der Waals surface area contributed by atoms with Crippen molar-refractivity contribution in [1.82, 2.24) is 20.2 Å². The van der Waals surface area contributed by atoms with E-state index in [9.17, 15) is 4.79 Å². The van der Waals surface area contributed by atoms with Crippen molar-refractivity contribution in [2.45, 2.75) is 31.8 Å². The van der Waals surface area contributed by atoms with E-state index < -0.39 is 0 Å². The molecule has 3 heterocycles. The highest BCUT2D eigenvalue weighted by molar-refractivity contribution is 5.94. The smallest absolute Gasteiger partial charge is 0.251 e. The second kappa shape index (κ2) is 6.32. The number of nitrogens with zero attached hydrogens (tertiary/aromatic N) is 3. The normalized spacial score (nSPS) is 26.2. The average molecular weight is 322 g/mol. The zero-order valence-electron chi connectivity index (χ0n) is 13.7. The van der Waals surface area contributed by atoms with Crippen molar-refractivity contribution < 1.29 is 4.79 Å². The fourth-order valence-corrected chi connectivity index (χ4v) is 4.10. The molecule has 1 saturated carbocycles. The number of nitrogens with one attached hydrogen (secondary N) is 1. The summed E-state index contributed by atoms with van der Waals surface area (Å²) in [5.41, 5.74) is 2.42.